The van der Waals surface area contributed by atoms with Gasteiger partial charge in [0.25, 0.3) is 0 Å². The van der Waals surface area contributed by atoms with Crippen molar-refractivity contribution in [2.45, 2.75) is 6.54 Å². The summed E-state index contributed by atoms with van der Waals surface area (Å²) in [6, 6.07) is 9.86. The lowest BCUT2D eigenvalue weighted by atomic mass is 10.2. The van der Waals surface area contributed by atoms with Crippen LogP contribution in [0.1, 0.15) is 15.9 Å². The molecule has 0 saturated heterocycles. The van der Waals surface area contributed by atoms with Gasteiger partial charge in [0.15, 0.2) is 5.65 Å². The Morgan fingerprint density at radius 1 is 1.25 bits per heavy atom. The summed E-state index contributed by atoms with van der Waals surface area (Å²) in [4.78, 5) is 19.3. The molecule has 1 aromatic carbocycles. The third-order valence-electron chi connectivity index (χ3n) is 3.00. The van der Waals surface area contributed by atoms with Gasteiger partial charge in [0.2, 0.25) is 0 Å². The molecule has 0 aliphatic heterocycles. The number of hydrogen-bond acceptors (Lipinski definition) is 3. The highest BCUT2D eigenvalue weighted by molar-refractivity contribution is 6.37. The van der Waals surface area contributed by atoms with Gasteiger partial charge in [0.1, 0.15) is 5.52 Å². The van der Waals surface area contributed by atoms with Crippen molar-refractivity contribution in [2.75, 3.05) is 0 Å². The van der Waals surface area contributed by atoms with Crippen LogP contribution in [-0.4, -0.2) is 25.6 Å². The van der Waals surface area contributed by atoms with E-state index in [2.05, 4.69) is 9.97 Å². The van der Waals surface area contributed by atoms with Crippen molar-refractivity contribution in [3.05, 3.63) is 59.0 Å². The van der Waals surface area contributed by atoms with Gasteiger partial charge in [-0.1, -0.05) is 41.9 Å². The van der Waals surface area contributed by atoms with E-state index in [4.69, 9.17) is 16.7 Å². The second kappa shape index (κ2) is 4.94. The summed E-state index contributed by atoms with van der Waals surface area (Å²) < 4.78 is 1.84. The number of rotatable bonds is 3. The lowest BCUT2D eigenvalue weighted by molar-refractivity contribution is 0.0697. The third-order valence-corrected chi connectivity index (χ3v) is 3.38. The van der Waals surface area contributed by atoms with Crippen LogP contribution < -0.4 is 0 Å². The summed E-state index contributed by atoms with van der Waals surface area (Å²) in [6.07, 6.45) is 2.87. The molecule has 3 rings (SSSR count). The standard InChI is InChI=1S/C14H10ClN3O2/c15-11-10(14(19)20)6-16-13-12(11)17-8-18(13)7-9-4-2-1-3-5-9/h1-6,8H,7H2,(H,19,20). The highest BCUT2D eigenvalue weighted by Gasteiger charge is 2.16. The predicted octanol–water partition coefficient (Wildman–Crippen LogP) is 2.83. The maximum Gasteiger partial charge on any atom is 0.338 e. The minimum Gasteiger partial charge on any atom is -0.478 e. The fraction of sp³-hybridized carbons (Fsp3) is 0.0714. The number of carboxylic acid groups (broad SMARTS) is 1. The lowest BCUT2D eigenvalue weighted by Crippen LogP contribution is -2.02. The number of carbonyl (C=O) groups is 1. The number of aromatic carboxylic acids is 1. The maximum absolute atomic E-state index is 11.0. The molecule has 0 spiro atoms. The molecule has 100 valence electrons. The van der Waals surface area contributed by atoms with E-state index in [1.54, 1.807) is 6.33 Å². The summed E-state index contributed by atoms with van der Waals surface area (Å²) >= 11 is 6.06. The van der Waals surface area contributed by atoms with Crippen LogP contribution in [0.4, 0.5) is 0 Å². The average molecular weight is 288 g/mol. The molecule has 0 unspecified atom stereocenters. The molecular formula is C14H10ClN3O2. The second-order valence-corrected chi connectivity index (χ2v) is 4.70. The fourth-order valence-electron chi connectivity index (χ4n) is 2.02. The molecule has 0 aliphatic carbocycles. The zero-order chi connectivity index (χ0) is 14.1. The van der Waals surface area contributed by atoms with Crippen molar-refractivity contribution in [3.63, 3.8) is 0 Å². The van der Waals surface area contributed by atoms with Gasteiger partial charge >= 0.3 is 5.97 Å². The van der Waals surface area contributed by atoms with Crippen molar-refractivity contribution < 1.29 is 9.90 Å². The van der Waals surface area contributed by atoms with E-state index in [0.29, 0.717) is 17.7 Å². The van der Waals surface area contributed by atoms with Gasteiger partial charge in [0.05, 0.1) is 23.5 Å². The van der Waals surface area contributed by atoms with E-state index >= 15 is 0 Å². The Kier molecular flexibility index (Phi) is 3.12. The Labute approximate surface area is 119 Å². The van der Waals surface area contributed by atoms with Gasteiger partial charge in [-0.25, -0.2) is 14.8 Å². The molecular weight excluding hydrogens is 278 g/mol. The van der Waals surface area contributed by atoms with Crippen molar-refractivity contribution in [3.8, 4) is 0 Å². The largest absolute Gasteiger partial charge is 0.478 e. The number of carboxylic acids is 1. The fourth-order valence-corrected chi connectivity index (χ4v) is 2.28. The van der Waals surface area contributed by atoms with Crippen LogP contribution in [0.25, 0.3) is 11.2 Å². The van der Waals surface area contributed by atoms with Gasteiger partial charge in [-0.05, 0) is 5.56 Å². The van der Waals surface area contributed by atoms with Crippen LogP contribution in [0, 0.1) is 0 Å². The van der Waals surface area contributed by atoms with Crippen LogP contribution in [0.15, 0.2) is 42.9 Å². The van der Waals surface area contributed by atoms with Gasteiger partial charge in [0, 0.05) is 6.20 Å². The number of hydrogen-bond donors (Lipinski definition) is 1. The summed E-state index contributed by atoms with van der Waals surface area (Å²) in [7, 11) is 0. The van der Waals surface area contributed by atoms with Gasteiger partial charge in [-0.3, -0.25) is 0 Å². The Balaban J connectivity index is 2.06. The molecule has 0 atom stereocenters. The van der Waals surface area contributed by atoms with Crippen LogP contribution in [0.3, 0.4) is 0 Å². The van der Waals surface area contributed by atoms with Crippen molar-refractivity contribution in [2.24, 2.45) is 0 Å². The molecule has 6 heteroatoms. The molecule has 0 bridgehead atoms. The number of nitrogens with zero attached hydrogens (tertiary/aromatic N) is 3. The first-order chi connectivity index (χ1) is 9.66. The summed E-state index contributed by atoms with van der Waals surface area (Å²) in [5.41, 5.74) is 2.04. The van der Waals surface area contributed by atoms with Crippen molar-refractivity contribution in [1.29, 1.82) is 0 Å². The summed E-state index contributed by atoms with van der Waals surface area (Å²) in [5, 5.41) is 9.13. The minimum atomic E-state index is -1.11. The molecule has 20 heavy (non-hydrogen) atoms. The molecule has 1 N–H and O–H groups in total. The van der Waals surface area contributed by atoms with E-state index in [1.165, 1.54) is 6.20 Å². The molecule has 0 fully saturated rings. The van der Waals surface area contributed by atoms with E-state index in [-0.39, 0.29) is 10.6 Å². The zero-order valence-corrected chi connectivity index (χ0v) is 11.1. The van der Waals surface area contributed by atoms with E-state index in [9.17, 15) is 4.79 Å². The van der Waals surface area contributed by atoms with Crippen LogP contribution in [0.5, 0.6) is 0 Å². The first kappa shape index (κ1) is 12.6. The summed E-state index contributed by atoms with van der Waals surface area (Å²) in [6.45, 7) is 0.604. The van der Waals surface area contributed by atoms with E-state index in [0.717, 1.165) is 5.56 Å². The van der Waals surface area contributed by atoms with Crippen molar-refractivity contribution in [1.82, 2.24) is 14.5 Å². The number of imidazole rings is 1. The number of halogens is 1. The van der Waals surface area contributed by atoms with Gasteiger partial charge in [-0.15, -0.1) is 0 Å². The Bertz CT molecular complexity index is 784. The van der Waals surface area contributed by atoms with Crippen LogP contribution in [-0.2, 0) is 6.54 Å². The number of aromatic nitrogens is 3. The number of benzene rings is 1. The highest BCUT2D eigenvalue weighted by atomic mass is 35.5. The van der Waals surface area contributed by atoms with Crippen LogP contribution >= 0.6 is 11.6 Å². The normalized spacial score (nSPS) is 10.8. The maximum atomic E-state index is 11.0. The summed E-state index contributed by atoms with van der Waals surface area (Å²) in [5.74, 6) is -1.11. The highest BCUT2D eigenvalue weighted by Crippen LogP contribution is 2.24. The minimum absolute atomic E-state index is 0.0378. The SMILES string of the molecule is O=C(O)c1cnc2c(ncn2Cc2ccccc2)c1Cl. The smallest absolute Gasteiger partial charge is 0.338 e. The predicted molar refractivity (Wildman–Crippen MR) is 75.0 cm³/mol. The third kappa shape index (κ3) is 2.12. The first-order valence-corrected chi connectivity index (χ1v) is 6.31. The number of pyridine rings is 1. The molecule has 5 nitrogen and oxygen atoms in total. The first-order valence-electron chi connectivity index (χ1n) is 5.93. The molecule has 0 amide bonds. The Hall–Kier alpha value is -2.40. The van der Waals surface area contributed by atoms with Gasteiger partial charge in [-0.2, -0.15) is 0 Å². The van der Waals surface area contributed by atoms with E-state index in [1.807, 2.05) is 34.9 Å². The monoisotopic (exact) mass is 287 g/mol. The average Bonchev–Trinajstić information content (AvgIpc) is 2.84. The molecule has 0 saturated carbocycles. The Morgan fingerprint density at radius 2 is 2.00 bits per heavy atom. The van der Waals surface area contributed by atoms with Crippen molar-refractivity contribution >= 4 is 28.7 Å². The quantitative estimate of drug-likeness (QED) is 0.804. The van der Waals surface area contributed by atoms with Gasteiger partial charge < -0.3 is 9.67 Å². The molecule has 2 heterocycles. The second-order valence-electron chi connectivity index (χ2n) is 4.32. The molecule has 2 aromatic heterocycles. The van der Waals surface area contributed by atoms with E-state index < -0.39 is 5.97 Å². The van der Waals surface area contributed by atoms with Crippen LogP contribution in [0.2, 0.25) is 5.02 Å². The molecule has 3 aromatic rings. The topological polar surface area (TPSA) is 68.0 Å². The Morgan fingerprint density at radius 3 is 2.70 bits per heavy atom. The zero-order valence-electron chi connectivity index (χ0n) is 10.3. The molecule has 0 radical (unpaired) electrons. The number of fused-ring (bicyclic) bond motifs is 1. The molecule has 0 aliphatic rings. The lowest BCUT2D eigenvalue weighted by Gasteiger charge is -2.04.